The van der Waals surface area contributed by atoms with Crippen LogP contribution in [-0.4, -0.2) is 36.8 Å². The fraction of sp³-hybridized carbons (Fsp3) is 0.324. The molecule has 0 radical (unpaired) electrons. The van der Waals surface area contributed by atoms with Crippen molar-refractivity contribution in [2.45, 2.75) is 51.7 Å². The molecule has 1 aliphatic heterocycles. The lowest BCUT2D eigenvalue weighted by Gasteiger charge is -2.28. The average Bonchev–Trinajstić information content (AvgIpc) is 3.49. The van der Waals surface area contributed by atoms with Crippen molar-refractivity contribution in [3.63, 3.8) is 0 Å². The van der Waals surface area contributed by atoms with Crippen molar-refractivity contribution in [2.75, 3.05) is 13.7 Å². The monoisotopic (exact) mass is 565 g/mol. The van der Waals surface area contributed by atoms with Crippen LogP contribution in [0.15, 0.2) is 113 Å². The Morgan fingerprint density at radius 2 is 1.79 bits per heavy atom. The molecule has 0 saturated carbocycles. The Bertz CT molecular complexity index is 1420. The highest BCUT2D eigenvalue weighted by Crippen LogP contribution is 2.33. The van der Waals surface area contributed by atoms with E-state index in [-0.39, 0.29) is 30.8 Å². The molecule has 0 aromatic heterocycles. The summed E-state index contributed by atoms with van der Waals surface area (Å²) in [5.41, 5.74) is 9.72. The number of nitrogens with zero attached hydrogens (tertiary/aromatic N) is 3. The second kappa shape index (κ2) is 14.1. The lowest BCUT2D eigenvalue weighted by atomic mass is 9.96. The first-order chi connectivity index (χ1) is 20.5. The van der Waals surface area contributed by atoms with Crippen LogP contribution in [0.5, 0.6) is 0 Å². The minimum absolute atomic E-state index is 0.0452. The quantitative estimate of drug-likeness (QED) is 0.251. The molecule has 2 N–H and O–H groups in total. The number of hydrogen-bond donors (Lipinski definition) is 2. The zero-order valence-electron chi connectivity index (χ0n) is 24.4. The van der Waals surface area contributed by atoms with Crippen LogP contribution in [0, 0.1) is 5.92 Å². The smallest absolute Gasteiger partial charge is 0.323 e. The summed E-state index contributed by atoms with van der Waals surface area (Å²) < 4.78 is 11.3. The van der Waals surface area contributed by atoms with E-state index in [4.69, 9.17) is 9.47 Å². The van der Waals surface area contributed by atoms with Crippen LogP contribution in [0.3, 0.4) is 0 Å². The molecule has 3 aromatic carbocycles. The number of methoxy groups -OCH3 is 1. The number of carbonyl (C=O) groups excluding carboxylic acids is 1. The van der Waals surface area contributed by atoms with E-state index in [2.05, 4.69) is 75.8 Å². The molecule has 0 spiro atoms. The molecular formula is C34H39N5O3. The highest BCUT2D eigenvalue weighted by molar-refractivity contribution is 5.76. The van der Waals surface area contributed by atoms with Crippen molar-refractivity contribution >= 4 is 5.97 Å². The molecule has 3 atom stereocenters. The molecule has 8 heteroatoms. The van der Waals surface area contributed by atoms with Gasteiger partial charge in [0.05, 0.1) is 12.6 Å². The van der Waals surface area contributed by atoms with Crippen LogP contribution in [0.4, 0.5) is 0 Å². The van der Waals surface area contributed by atoms with Crippen LogP contribution in [0.1, 0.15) is 43.1 Å². The Morgan fingerprint density at radius 1 is 1.02 bits per heavy atom. The number of allylic oxidation sites excluding steroid dienone is 2. The molecule has 0 saturated heterocycles. The van der Waals surface area contributed by atoms with Gasteiger partial charge >= 0.3 is 5.97 Å². The highest BCUT2D eigenvalue weighted by Gasteiger charge is 2.29. The number of benzene rings is 3. The van der Waals surface area contributed by atoms with Gasteiger partial charge in [0.15, 0.2) is 6.17 Å². The van der Waals surface area contributed by atoms with Gasteiger partial charge in [0.1, 0.15) is 12.6 Å². The van der Waals surface area contributed by atoms with Crippen LogP contribution in [-0.2, 0) is 27.4 Å². The van der Waals surface area contributed by atoms with Gasteiger partial charge in [-0.2, -0.15) is 0 Å². The van der Waals surface area contributed by atoms with E-state index < -0.39 is 6.04 Å². The maximum Gasteiger partial charge on any atom is 0.323 e. The van der Waals surface area contributed by atoms with Crippen molar-refractivity contribution in [1.82, 2.24) is 15.8 Å². The van der Waals surface area contributed by atoms with E-state index in [9.17, 15) is 4.79 Å². The maximum atomic E-state index is 12.8. The third-order valence-corrected chi connectivity index (χ3v) is 7.67. The summed E-state index contributed by atoms with van der Waals surface area (Å²) in [5.74, 6) is -0.141. The zero-order valence-corrected chi connectivity index (χ0v) is 24.4. The Morgan fingerprint density at radius 3 is 2.55 bits per heavy atom. The first-order valence-corrected chi connectivity index (χ1v) is 14.5. The molecule has 1 heterocycles. The summed E-state index contributed by atoms with van der Waals surface area (Å²) in [4.78, 5) is 12.8. The van der Waals surface area contributed by atoms with Gasteiger partial charge in [-0.3, -0.25) is 10.2 Å². The van der Waals surface area contributed by atoms with Gasteiger partial charge in [0.2, 0.25) is 0 Å². The summed E-state index contributed by atoms with van der Waals surface area (Å²) in [5, 5.41) is 13.9. The van der Waals surface area contributed by atoms with E-state index in [1.807, 2.05) is 61.3 Å². The highest BCUT2D eigenvalue weighted by atomic mass is 16.5. The summed E-state index contributed by atoms with van der Waals surface area (Å²) in [6.45, 7) is 5.50. The predicted molar refractivity (Wildman–Crippen MR) is 164 cm³/mol. The number of esters is 1. The molecule has 0 fully saturated rings. The number of rotatable bonds is 12. The number of ether oxygens (including phenoxy) is 2. The predicted octanol–water partition coefficient (Wildman–Crippen LogP) is 6.30. The molecule has 0 amide bonds. The van der Waals surface area contributed by atoms with Crippen LogP contribution in [0.25, 0.3) is 11.1 Å². The van der Waals surface area contributed by atoms with Crippen LogP contribution >= 0.6 is 0 Å². The fourth-order valence-corrected chi connectivity index (χ4v) is 5.29. The van der Waals surface area contributed by atoms with Crippen molar-refractivity contribution in [3.05, 3.63) is 119 Å². The lowest BCUT2D eigenvalue weighted by Crippen LogP contribution is -2.41. The van der Waals surface area contributed by atoms with Gasteiger partial charge in [-0.15, -0.1) is 0 Å². The topological polar surface area (TPSA) is 87.5 Å². The third kappa shape index (κ3) is 7.13. The molecule has 2 aliphatic rings. The molecular weight excluding hydrogens is 526 g/mol. The zero-order chi connectivity index (χ0) is 29.3. The Labute approximate surface area is 248 Å². The van der Waals surface area contributed by atoms with Crippen molar-refractivity contribution in [2.24, 2.45) is 16.4 Å². The first-order valence-electron chi connectivity index (χ1n) is 14.5. The molecule has 8 nitrogen and oxygen atoms in total. The van der Waals surface area contributed by atoms with Crippen molar-refractivity contribution in [1.29, 1.82) is 0 Å². The van der Waals surface area contributed by atoms with Gasteiger partial charge in [-0.1, -0.05) is 121 Å². The fourth-order valence-electron chi connectivity index (χ4n) is 5.29. The molecule has 42 heavy (non-hydrogen) atoms. The molecule has 2 unspecified atom stereocenters. The molecule has 1 aliphatic carbocycles. The van der Waals surface area contributed by atoms with Gasteiger partial charge in [-0.05, 0) is 40.2 Å². The molecule has 3 aromatic rings. The van der Waals surface area contributed by atoms with Crippen molar-refractivity contribution in [3.8, 4) is 11.1 Å². The number of nitrogens with one attached hydrogen (secondary N) is 2. The van der Waals surface area contributed by atoms with E-state index in [1.165, 1.54) is 5.57 Å². The average molecular weight is 566 g/mol. The standard InChI is InChI=1S/C34H39N5O3/c1-24(2)32(34(40)42-23-26-11-5-4-6-12-26)35-21-25-17-19-27(20-18-25)29-14-8-9-15-30(29)33-36-37-38-39(33)22-28-13-7-10-16-31(28)41-3/h4-15,17-20,24,31-33,35H,16,21-23H2,1-3H3,(H,36,38)/t31?,32-,33?/m0/s1. The first kappa shape index (κ1) is 29.2. The summed E-state index contributed by atoms with van der Waals surface area (Å²) in [6.07, 6.45) is 7.00. The third-order valence-electron chi connectivity index (χ3n) is 7.67. The summed E-state index contributed by atoms with van der Waals surface area (Å²) >= 11 is 0. The van der Waals surface area contributed by atoms with E-state index in [0.29, 0.717) is 13.1 Å². The summed E-state index contributed by atoms with van der Waals surface area (Å²) in [7, 11) is 1.74. The largest absolute Gasteiger partial charge is 0.460 e. The van der Waals surface area contributed by atoms with Gasteiger partial charge in [-0.25, -0.2) is 5.01 Å². The minimum atomic E-state index is -0.395. The number of carbonyl (C=O) groups is 1. The lowest BCUT2D eigenvalue weighted by molar-refractivity contribution is -0.148. The normalized spacial score (nSPS) is 18.6. The van der Waals surface area contributed by atoms with E-state index in [1.54, 1.807) is 7.11 Å². The van der Waals surface area contributed by atoms with Crippen molar-refractivity contribution < 1.29 is 14.3 Å². The molecule has 0 bridgehead atoms. The van der Waals surface area contributed by atoms with Gasteiger partial charge in [0.25, 0.3) is 0 Å². The molecule has 5 rings (SSSR count). The van der Waals surface area contributed by atoms with E-state index in [0.717, 1.165) is 34.2 Å². The minimum Gasteiger partial charge on any atom is -0.460 e. The maximum absolute atomic E-state index is 12.8. The Balaban J connectivity index is 1.24. The second-order valence-corrected chi connectivity index (χ2v) is 10.9. The van der Waals surface area contributed by atoms with Crippen LogP contribution < -0.4 is 10.7 Å². The van der Waals surface area contributed by atoms with E-state index >= 15 is 0 Å². The Kier molecular flexibility index (Phi) is 9.79. The SMILES string of the molecule is COC1CC=CC=C1CN1N=NNC1c1ccccc1-c1ccc(CN[C@H](C(=O)OCc2ccccc2)C(C)C)cc1. The Hall–Kier alpha value is -4.27. The van der Waals surface area contributed by atoms with Crippen LogP contribution in [0.2, 0.25) is 0 Å². The second-order valence-electron chi connectivity index (χ2n) is 10.9. The van der Waals surface area contributed by atoms with Gasteiger partial charge < -0.3 is 14.8 Å². The molecule has 218 valence electrons. The van der Waals surface area contributed by atoms with Gasteiger partial charge in [0, 0.05) is 19.2 Å². The summed E-state index contributed by atoms with van der Waals surface area (Å²) in [6, 6.07) is 26.1. The number of hydrogen-bond acceptors (Lipinski definition) is 8.